The first-order valence-corrected chi connectivity index (χ1v) is 9.43. The highest BCUT2D eigenvalue weighted by atomic mass is 16.5. The molecular weight excluding hydrogens is 346 g/mol. The minimum Gasteiger partial charge on any atom is -0.493 e. The third-order valence-corrected chi connectivity index (χ3v) is 5.19. The second-order valence-corrected chi connectivity index (χ2v) is 7.24. The Hall–Kier alpha value is -1.99. The van der Waals surface area contributed by atoms with E-state index in [9.17, 15) is 4.79 Å². The topological polar surface area (TPSA) is 63.3 Å². The van der Waals surface area contributed by atoms with E-state index in [1.807, 2.05) is 7.05 Å². The fourth-order valence-corrected chi connectivity index (χ4v) is 3.55. The van der Waals surface area contributed by atoms with Crippen molar-refractivity contribution in [3.8, 4) is 17.2 Å². The van der Waals surface area contributed by atoms with Crippen molar-refractivity contribution in [2.75, 3.05) is 53.3 Å². The van der Waals surface area contributed by atoms with E-state index in [4.69, 9.17) is 14.2 Å². The second-order valence-electron chi connectivity index (χ2n) is 7.24. The average molecular weight is 380 g/mol. The van der Waals surface area contributed by atoms with Crippen LogP contribution in [0, 0.1) is 0 Å². The Kier molecular flexibility index (Phi) is 7.74. The molecule has 27 heavy (non-hydrogen) atoms. The van der Waals surface area contributed by atoms with Gasteiger partial charge >= 0.3 is 0 Å². The summed E-state index contributed by atoms with van der Waals surface area (Å²) in [7, 11) is 6.68. The van der Waals surface area contributed by atoms with Crippen LogP contribution in [0.1, 0.15) is 26.7 Å². The molecule has 7 nitrogen and oxygen atoms in total. The van der Waals surface area contributed by atoms with Crippen LogP contribution in [0.15, 0.2) is 12.1 Å². The molecule has 1 fully saturated rings. The van der Waals surface area contributed by atoms with Crippen molar-refractivity contribution in [2.24, 2.45) is 0 Å². The van der Waals surface area contributed by atoms with Gasteiger partial charge in [-0.05, 0) is 46.8 Å². The van der Waals surface area contributed by atoms with Gasteiger partial charge in [-0.1, -0.05) is 0 Å². The van der Waals surface area contributed by atoms with E-state index >= 15 is 0 Å². The molecule has 1 aromatic carbocycles. The van der Waals surface area contributed by atoms with Gasteiger partial charge in [0.05, 0.1) is 27.9 Å². The summed E-state index contributed by atoms with van der Waals surface area (Å²) in [5.74, 6) is 1.48. The number of carbonyl (C=O) groups is 1. The third kappa shape index (κ3) is 5.49. The maximum Gasteiger partial charge on any atom is 0.238 e. The third-order valence-electron chi connectivity index (χ3n) is 5.19. The summed E-state index contributed by atoms with van der Waals surface area (Å²) in [6.07, 6.45) is 2.18. The zero-order valence-corrected chi connectivity index (χ0v) is 17.4. The van der Waals surface area contributed by atoms with E-state index in [-0.39, 0.29) is 5.91 Å². The molecule has 1 aliphatic rings. The number of nitrogens with one attached hydrogen (secondary N) is 1. The van der Waals surface area contributed by atoms with Crippen LogP contribution in [-0.4, -0.2) is 75.8 Å². The molecule has 1 amide bonds. The van der Waals surface area contributed by atoms with Crippen molar-refractivity contribution >= 4 is 11.6 Å². The normalized spacial score (nSPS) is 15.9. The molecule has 1 saturated heterocycles. The van der Waals surface area contributed by atoms with E-state index in [2.05, 4.69) is 29.0 Å². The first-order valence-electron chi connectivity index (χ1n) is 9.43. The van der Waals surface area contributed by atoms with Crippen molar-refractivity contribution < 1.29 is 19.0 Å². The number of methoxy groups -OCH3 is 3. The number of rotatable bonds is 8. The molecule has 1 aromatic rings. The van der Waals surface area contributed by atoms with Crippen molar-refractivity contribution in [3.05, 3.63) is 12.1 Å². The monoisotopic (exact) mass is 379 g/mol. The molecule has 0 unspecified atom stereocenters. The molecular formula is C20H33N3O4. The molecule has 1 heterocycles. The summed E-state index contributed by atoms with van der Waals surface area (Å²) in [6.45, 7) is 6.98. The SMILES string of the molecule is COc1cc(NC(=O)CN(C)C2CCN(C(C)C)CC2)cc(OC)c1OC. The Bertz CT molecular complexity index is 603. The van der Waals surface area contributed by atoms with E-state index in [1.54, 1.807) is 33.5 Å². The average Bonchev–Trinajstić information content (AvgIpc) is 2.66. The summed E-state index contributed by atoms with van der Waals surface area (Å²) >= 11 is 0. The fourth-order valence-electron chi connectivity index (χ4n) is 3.55. The first-order chi connectivity index (χ1) is 12.9. The molecule has 1 N–H and O–H groups in total. The van der Waals surface area contributed by atoms with Gasteiger partial charge in [-0.3, -0.25) is 9.69 Å². The highest BCUT2D eigenvalue weighted by Crippen LogP contribution is 2.39. The van der Waals surface area contributed by atoms with Crippen LogP contribution in [0.5, 0.6) is 17.2 Å². The lowest BCUT2D eigenvalue weighted by Gasteiger charge is -2.38. The first kappa shape index (κ1) is 21.3. The van der Waals surface area contributed by atoms with Gasteiger partial charge in [-0.25, -0.2) is 0 Å². The number of carbonyl (C=O) groups excluding carboxylic acids is 1. The highest BCUT2D eigenvalue weighted by Gasteiger charge is 2.25. The van der Waals surface area contributed by atoms with E-state index in [0.29, 0.717) is 41.6 Å². The number of amides is 1. The van der Waals surface area contributed by atoms with Gasteiger partial charge in [0, 0.05) is 29.9 Å². The standard InChI is InChI=1S/C20H33N3O4/c1-14(2)23-9-7-16(8-10-23)22(3)13-19(24)21-15-11-17(25-4)20(27-6)18(12-15)26-5/h11-12,14,16H,7-10,13H2,1-6H3,(H,21,24). The van der Waals surface area contributed by atoms with E-state index in [1.165, 1.54) is 0 Å². The number of likely N-dealkylation sites (N-methyl/N-ethyl adjacent to an activating group) is 1. The summed E-state index contributed by atoms with van der Waals surface area (Å²) in [4.78, 5) is 17.1. The predicted molar refractivity (Wildman–Crippen MR) is 107 cm³/mol. The number of benzene rings is 1. The minimum atomic E-state index is -0.0573. The summed E-state index contributed by atoms with van der Waals surface area (Å²) in [6, 6.07) is 4.49. The minimum absolute atomic E-state index is 0.0573. The van der Waals surface area contributed by atoms with Gasteiger partial charge < -0.3 is 24.4 Å². The second kappa shape index (κ2) is 9.80. The molecule has 0 saturated carbocycles. The smallest absolute Gasteiger partial charge is 0.238 e. The number of nitrogens with zero attached hydrogens (tertiary/aromatic N) is 2. The largest absolute Gasteiger partial charge is 0.493 e. The fraction of sp³-hybridized carbons (Fsp3) is 0.650. The number of ether oxygens (including phenoxy) is 3. The number of likely N-dealkylation sites (tertiary alicyclic amines) is 1. The molecule has 7 heteroatoms. The number of hydrogen-bond donors (Lipinski definition) is 1. The molecule has 0 spiro atoms. The van der Waals surface area contributed by atoms with Crippen LogP contribution in [0.2, 0.25) is 0 Å². The highest BCUT2D eigenvalue weighted by molar-refractivity contribution is 5.93. The van der Waals surface area contributed by atoms with Gasteiger partial charge in [0.25, 0.3) is 0 Å². The van der Waals surface area contributed by atoms with Gasteiger partial charge in [0.2, 0.25) is 11.7 Å². The Morgan fingerprint density at radius 3 is 2.15 bits per heavy atom. The number of piperidine rings is 1. The van der Waals surface area contributed by atoms with Crippen molar-refractivity contribution in [3.63, 3.8) is 0 Å². The maximum absolute atomic E-state index is 12.5. The zero-order valence-electron chi connectivity index (χ0n) is 17.4. The van der Waals surface area contributed by atoms with Gasteiger partial charge in [-0.2, -0.15) is 0 Å². The van der Waals surface area contributed by atoms with E-state index < -0.39 is 0 Å². The molecule has 0 aromatic heterocycles. The quantitative estimate of drug-likeness (QED) is 0.749. The van der Waals surface area contributed by atoms with Crippen molar-refractivity contribution in [1.82, 2.24) is 9.80 Å². The maximum atomic E-state index is 12.5. The molecule has 2 rings (SSSR count). The molecule has 0 aliphatic carbocycles. The predicted octanol–water partition coefficient (Wildman–Crippen LogP) is 2.46. The Labute approximate surface area is 162 Å². The lowest BCUT2D eigenvalue weighted by Crippen LogP contribution is -2.47. The number of hydrogen-bond acceptors (Lipinski definition) is 6. The Balaban J connectivity index is 1.95. The van der Waals surface area contributed by atoms with Crippen LogP contribution in [0.3, 0.4) is 0 Å². The molecule has 0 radical (unpaired) electrons. The van der Waals surface area contributed by atoms with Crippen LogP contribution in [0.4, 0.5) is 5.69 Å². The van der Waals surface area contributed by atoms with E-state index in [0.717, 1.165) is 25.9 Å². The Morgan fingerprint density at radius 1 is 1.15 bits per heavy atom. The zero-order chi connectivity index (χ0) is 20.0. The summed E-state index contributed by atoms with van der Waals surface area (Å²) in [5.41, 5.74) is 0.623. The molecule has 0 atom stereocenters. The van der Waals surface area contributed by atoms with Crippen LogP contribution < -0.4 is 19.5 Å². The van der Waals surface area contributed by atoms with Crippen LogP contribution >= 0.6 is 0 Å². The number of anilines is 1. The van der Waals surface area contributed by atoms with Gasteiger partial charge in [0.1, 0.15) is 0 Å². The lowest BCUT2D eigenvalue weighted by atomic mass is 10.0. The summed E-state index contributed by atoms with van der Waals surface area (Å²) < 4.78 is 16.0. The van der Waals surface area contributed by atoms with Crippen molar-refractivity contribution in [2.45, 2.75) is 38.8 Å². The molecule has 1 aliphatic heterocycles. The molecule has 152 valence electrons. The van der Waals surface area contributed by atoms with Crippen molar-refractivity contribution in [1.29, 1.82) is 0 Å². The van der Waals surface area contributed by atoms with Gasteiger partial charge in [0.15, 0.2) is 11.5 Å². The molecule has 0 bridgehead atoms. The lowest BCUT2D eigenvalue weighted by molar-refractivity contribution is -0.117. The van der Waals surface area contributed by atoms with Crippen LogP contribution in [-0.2, 0) is 4.79 Å². The van der Waals surface area contributed by atoms with Crippen LogP contribution in [0.25, 0.3) is 0 Å². The summed E-state index contributed by atoms with van der Waals surface area (Å²) in [5, 5.41) is 2.93. The van der Waals surface area contributed by atoms with Gasteiger partial charge in [-0.15, -0.1) is 0 Å². The Morgan fingerprint density at radius 2 is 1.70 bits per heavy atom.